The highest BCUT2D eigenvalue weighted by Gasteiger charge is 2.12. The van der Waals surface area contributed by atoms with Gasteiger partial charge in [0.15, 0.2) is 0 Å². The Morgan fingerprint density at radius 3 is 2.82 bits per heavy atom. The van der Waals surface area contributed by atoms with E-state index in [1.807, 2.05) is 11.3 Å². The van der Waals surface area contributed by atoms with Crippen LogP contribution in [0.5, 0.6) is 0 Å². The fourth-order valence-corrected chi connectivity index (χ4v) is 3.05. The van der Waals surface area contributed by atoms with Gasteiger partial charge < -0.3 is 5.32 Å². The maximum Gasteiger partial charge on any atom is 0.0523 e. The third kappa shape index (κ3) is 2.76. The van der Waals surface area contributed by atoms with Crippen LogP contribution in [0.4, 0.5) is 0 Å². The third-order valence-corrected chi connectivity index (χ3v) is 3.75. The molecule has 0 aliphatic rings. The highest BCUT2D eigenvalue weighted by molar-refractivity contribution is 7.17. The quantitative estimate of drug-likeness (QED) is 0.781. The molecule has 1 aromatic carbocycles. The van der Waals surface area contributed by atoms with E-state index in [-0.39, 0.29) is 0 Å². The number of thiophene rings is 1. The second-order valence-electron chi connectivity index (χ2n) is 4.47. The summed E-state index contributed by atoms with van der Waals surface area (Å²) >= 11 is 1.83. The van der Waals surface area contributed by atoms with E-state index in [4.69, 9.17) is 0 Å². The molecular formula is C15H19NS. The molecule has 2 heteroatoms. The first kappa shape index (κ1) is 12.3. The zero-order valence-electron chi connectivity index (χ0n) is 10.7. The van der Waals surface area contributed by atoms with E-state index in [1.165, 1.54) is 21.2 Å². The summed E-state index contributed by atoms with van der Waals surface area (Å²) in [5.74, 6) is 0. The first-order valence-electron chi connectivity index (χ1n) is 6.07. The van der Waals surface area contributed by atoms with Crippen LogP contribution in [-0.4, -0.2) is 6.54 Å². The molecule has 17 heavy (non-hydrogen) atoms. The van der Waals surface area contributed by atoms with E-state index in [9.17, 15) is 0 Å². The van der Waals surface area contributed by atoms with Crippen molar-refractivity contribution in [2.24, 2.45) is 0 Å². The Balaban J connectivity index is 2.45. The van der Waals surface area contributed by atoms with Gasteiger partial charge in [-0.3, -0.25) is 0 Å². The molecule has 0 spiro atoms. The number of benzene rings is 1. The molecule has 90 valence electrons. The van der Waals surface area contributed by atoms with Crippen molar-refractivity contribution in [1.82, 2.24) is 5.32 Å². The molecule has 0 bridgehead atoms. The van der Waals surface area contributed by atoms with Crippen molar-refractivity contribution >= 4 is 21.4 Å². The predicted octanol–water partition coefficient (Wildman–Crippen LogP) is 4.52. The Bertz CT molecular complexity index is 520. The van der Waals surface area contributed by atoms with Gasteiger partial charge in [-0.1, -0.05) is 36.8 Å². The van der Waals surface area contributed by atoms with Gasteiger partial charge in [0, 0.05) is 4.70 Å². The van der Waals surface area contributed by atoms with Gasteiger partial charge in [-0.15, -0.1) is 11.3 Å². The zero-order valence-corrected chi connectivity index (χ0v) is 11.5. The van der Waals surface area contributed by atoms with Crippen LogP contribution >= 0.6 is 11.3 Å². The lowest BCUT2D eigenvalue weighted by Crippen LogP contribution is -2.18. The van der Waals surface area contributed by atoms with Gasteiger partial charge in [0.25, 0.3) is 0 Å². The molecule has 1 nitrogen and oxygen atoms in total. The fraction of sp³-hybridized carbons (Fsp3) is 0.333. The first-order valence-corrected chi connectivity index (χ1v) is 6.95. The molecule has 0 fully saturated rings. The summed E-state index contributed by atoms with van der Waals surface area (Å²) in [5, 5.41) is 7.19. The van der Waals surface area contributed by atoms with Crippen molar-refractivity contribution in [3.8, 4) is 0 Å². The first-order chi connectivity index (χ1) is 8.22. The molecule has 2 aromatic rings. The van der Waals surface area contributed by atoms with E-state index in [0.717, 1.165) is 6.54 Å². The molecule has 0 saturated carbocycles. The normalized spacial score (nSPS) is 12.6. The number of hydrogen-bond acceptors (Lipinski definition) is 2. The number of fused-ring (bicyclic) bond motifs is 1. The second-order valence-corrected chi connectivity index (χ2v) is 5.38. The van der Waals surface area contributed by atoms with Crippen molar-refractivity contribution in [2.45, 2.75) is 26.8 Å². The SMILES string of the molecule is CCNC(C=C(C)C)c1csc2ccccc12. The highest BCUT2D eigenvalue weighted by Crippen LogP contribution is 2.31. The Labute approximate surface area is 107 Å². The van der Waals surface area contributed by atoms with Crippen LogP contribution in [0.2, 0.25) is 0 Å². The van der Waals surface area contributed by atoms with Crippen LogP contribution in [0.1, 0.15) is 32.4 Å². The molecule has 1 atom stereocenters. The van der Waals surface area contributed by atoms with E-state index >= 15 is 0 Å². The number of nitrogens with one attached hydrogen (secondary N) is 1. The van der Waals surface area contributed by atoms with E-state index in [2.05, 4.69) is 61.8 Å². The summed E-state index contributed by atoms with van der Waals surface area (Å²) in [6.45, 7) is 7.44. The number of hydrogen-bond donors (Lipinski definition) is 1. The van der Waals surface area contributed by atoms with Crippen molar-refractivity contribution in [1.29, 1.82) is 0 Å². The Hall–Kier alpha value is -1.12. The lowest BCUT2D eigenvalue weighted by Gasteiger charge is -2.14. The van der Waals surface area contributed by atoms with E-state index < -0.39 is 0 Å². The molecule has 0 radical (unpaired) electrons. The minimum Gasteiger partial charge on any atom is -0.307 e. The summed E-state index contributed by atoms with van der Waals surface area (Å²) in [5.41, 5.74) is 2.75. The van der Waals surface area contributed by atoms with Crippen LogP contribution in [0.15, 0.2) is 41.3 Å². The number of rotatable bonds is 4. The number of likely N-dealkylation sites (N-methyl/N-ethyl adjacent to an activating group) is 1. The summed E-state index contributed by atoms with van der Waals surface area (Å²) in [6, 6.07) is 8.95. The molecular weight excluding hydrogens is 226 g/mol. The molecule has 1 unspecified atom stereocenters. The lowest BCUT2D eigenvalue weighted by atomic mass is 10.0. The number of allylic oxidation sites excluding steroid dienone is 1. The van der Waals surface area contributed by atoms with Gasteiger partial charge >= 0.3 is 0 Å². The molecule has 1 heterocycles. The monoisotopic (exact) mass is 245 g/mol. The smallest absolute Gasteiger partial charge is 0.0523 e. The van der Waals surface area contributed by atoms with Crippen LogP contribution in [0.3, 0.4) is 0 Å². The van der Waals surface area contributed by atoms with Gasteiger partial charge in [-0.2, -0.15) is 0 Å². The van der Waals surface area contributed by atoms with Gasteiger partial charge in [0.2, 0.25) is 0 Å². The van der Waals surface area contributed by atoms with Crippen molar-refractivity contribution in [3.63, 3.8) is 0 Å². The van der Waals surface area contributed by atoms with Crippen LogP contribution in [-0.2, 0) is 0 Å². The van der Waals surface area contributed by atoms with E-state index in [0.29, 0.717) is 6.04 Å². The van der Waals surface area contributed by atoms with Crippen LogP contribution < -0.4 is 5.32 Å². The van der Waals surface area contributed by atoms with Crippen molar-refractivity contribution < 1.29 is 0 Å². The topological polar surface area (TPSA) is 12.0 Å². The second kappa shape index (κ2) is 5.48. The standard InChI is InChI=1S/C15H19NS/c1-4-16-14(9-11(2)3)13-10-17-15-8-6-5-7-12(13)15/h5-10,14,16H,4H2,1-3H3. The van der Waals surface area contributed by atoms with Crippen molar-refractivity contribution in [2.75, 3.05) is 6.54 Å². The molecule has 1 N–H and O–H groups in total. The summed E-state index contributed by atoms with van der Waals surface area (Å²) in [4.78, 5) is 0. The van der Waals surface area contributed by atoms with Gasteiger partial charge in [-0.05, 0) is 42.8 Å². The maximum atomic E-state index is 3.54. The lowest BCUT2D eigenvalue weighted by molar-refractivity contribution is 0.650. The van der Waals surface area contributed by atoms with Crippen LogP contribution in [0, 0.1) is 0 Å². The Morgan fingerprint density at radius 2 is 2.12 bits per heavy atom. The van der Waals surface area contributed by atoms with Gasteiger partial charge in [-0.25, -0.2) is 0 Å². The maximum absolute atomic E-state index is 3.54. The zero-order chi connectivity index (χ0) is 12.3. The van der Waals surface area contributed by atoms with Gasteiger partial charge in [0.05, 0.1) is 6.04 Å². The van der Waals surface area contributed by atoms with Crippen LogP contribution in [0.25, 0.3) is 10.1 Å². The molecule has 0 aliphatic heterocycles. The molecule has 0 saturated heterocycles. The molecule has 0 amide bonds. The average molecular weight is 245 g/mol. The van der Waals surface area contributed by atoms with Crippen molar-refractivity contribution in [3.05, 3.63) is 46.9 Å². The molecule has 0 aliphatic carbocycles. The highest BCUT2D eigenvalue weighted by atomic mass is 32.1. The predicted molar refractivity (Wildman–Crippen MR) is 77.7 cm³/mol. The summed E-state index contributed by atoms with van der Waals surface area (Å²) < 4.78 is 1.37. The summed E-state index contributed by atoms with van der Waals surface area (Å²) in [7, 11) is 0. The summed E-state index contributed by atoms with van der Waals surface area (Å²) in [6.07, 6.45) is 2.30. The Kier molecular flexibility index (Phi) is 3.97. The minimum absolute atomic E-state index is 0.334. The fourth-order valence-electron chi connectivity index (χ4n) is 2.05. The largest absolute Gasteiger partial charge is 0.307 e. The van der Waals surface area contributed by atoms with Gasteiger partial charge in [0.1, 0.15) is 0 Å². The minimum atomic E-state index is 0.334. The Morgan fingerprint density at radius 1 is 1.35 bits per heavy atom. The third-order valence-electron chi connectivity index (χ3n) is 2.77. The molecule has 1 aromatic heterocycles. The van der Waals surface area contributed by atoms with E-state index in [1.54, 1.807) is 0 Å². The average Bonchev–Trinajstić information content (AvgIpc) is 2.71. The molecule has 2 rings (SSSR count).